The van der Waals surface area contributed by atoms with Gasteiger partial charge in [0.05, 0.1) is 6.04 Å². The van der Waals surface area contributed by atoms with Crippen LogP contribution in [-0.2, 0) is 4.57 Å². The van der Waals surface area contributed by atoms with E-state index in [1.54, 1.807) is 0 Å². The molecule has 5 N–H and O–H groups in total. The number of rotatable bonds is 3. The second kappa shape index (κ2) is 6.53. The molecule has 0 atom stereocenters. The zero-order chi connectivity index (χ0) is 13.8. The van der Waals surface area contributed by atoms with Crippen molar-refractivity contribution in [2.24, 2.45) is 4.99 Å². The summed E-state index contributed by atoms with van der Waals surface area (Å²) in [5, 5.41) is -1.15. The van der Waals surface area contributed by atoms with Gasteiger partial charge in [-0.25, -0.2) is 9.56 Å². The van der Waals surface area contributed by atoms with Crippen LogP contribution < -0.4 is 0 Å². The van der Waals surface area contributed by atoms with Crippen LogP contribution >= 0.6 is 15.5 Å². The van der Waals surface area contributed by atoms with Gasteiger partial charge >= 0.3 is 20.7 Å². The zero-order valence-electron chi connectivity index (χ0n) is 10.0. The number of hydrogen-bond donors (Lipinski definition) is 5. The largest absolute Gasteiger partial charge is 0.469 e. The minimum absolute atomic E-state index is 0.362. The third kappa shape index (κ3) is 5.41. The van der Waals surface area contributed by atoms with Crippen molar-refractivity contribution in [2.45, 2.75) is 51.0 Å². The van der Waals surface area contributed by atoms with Crippen molar-refractivity contribution in [2.75, 3.05) is 0 Å². The average molecular weight is 300 g/mol. The molecule has 0 unspecified atom stereocenters. The van der Waals surface area contributed by atoms with E-state index >= 15 is 0 Å². The predicted octanol–water partition coefficient (Wildman–Crippen LogP) is 1.37. The third-order valence-corrected chi connectivity index (χ3v) is 5.78. The summed E-state index contributed by atoms with van der Waals surface area (Å²) in [5.41, 5.74) is 0. The highest BCUT2D eigenvalue weighted by Gasteiger charge is 2.52. The maximum Gasteiger partial charge on any atom is 0.469 e. The lowest BCUT2D eigenvalue weighted by Crippen LogP contribution is -2.14. The summed E-state index contributed by atoms with van der Waals surface area (Å²) >= 11 is 0. The van der Waals surface area contributed by atoms with E-state index < -0.39 is 20.7 Å². The maximum absolute atomic E-state index is 11.1. The molecular weight excluding hydrogens is 280 g/mol. The molecule has 0 aromatic carbocycles. The SMILES string of the molecule is O=P(O)(O)C(=NC1CCCCCCC1)[P+](O)(O)O. The molecule has 0 spiro atoms. The standard InChI is InChI=1S/C9H19NO6P2/c11-17(12,13)9(18(14,15)16)10-8-6-4-2-1-3-5-7-8/h8,11-13H,1-7H2,(H-,14,15,16)/p+1. The monoisotopic (exact) mass is 300 g/mol. The van der Waals surface area contributed by atoms with E-state index in [4.69, 9.17) is 24.5 Å². The first-order valence-corrected chi connectivity index (χ1v) is 9.19. The molecule has 0 amide bonds. The molecule has 1 rings (SSSR count). The number of aliphatic imine (C=N–C) groups is 1. The molecule has 1 fully saturated rings. The van der Waals surface area contributed by atoms with Gasteiger partial charge in [0.1, 0.15) is 0 Å². The molecule has 0 bridgehead atoms. The van der Waals surface area contributed by atoms with Crippen LogP contribution in [-0.4, -0.2) is 35.7 Å². The van der Waals surface area contributed by atoms with Crippen LogP contribution in [0.3, 0.4) is 0 Å². The highest BCUT2D eigenvalue weighted by atomic mass is 31.3. The summed E-state index contributed by atoms with van der Waals surface area (Å²) in [6.45, 7) is 0. The van der Waals surface area contributed by atoms with Gasteiger partial charge in [0, 0.05) is 0 Å². The molecule has 0 radical (unpaired) electrons. The van der Waals surface area contributed by atoms with Crippen LogP contribution in [0.25, 0.3) is 0 Å². The molecule has 0 aliphatic heterocycles. The van der Waals surface area contributed by atoms with Crippen molar-refractivity contribution < 1.29 is 29.0 Å². The van der Waals surface area contributed by atoms with Gasteiger partial charge in [-0.2, -0.15) is 14.7 Å². The quantitative estimate of drug-likeness (QED) is 0.395. The highest BCUT2D eigenvalue weighted by molar-refractivity contribution is 8.00. The Kier molecular flexibility index (Phi) is 5.87. The molecule has 0 aromatic heterocycles. The molecule has 7 nitrogen and oxygen atoms in total. The molecule has 1 aliphatic rings. The number of hydrogen-bond acceptors (Lipinski definition) is 5. The Balaban J connectivity index is 2.89. The van der Waals surface area contributed by atoms with Crippen LogP contribution in [0.4, 0.5) is 0 Å². The number of nitrogens with zero attached hydrogens (tertiary/aromatic N) is 1. The zero-order valence-corrected chi connectivity index (χ0v) is 11.8. The second-order valence-electron chi connectivity index (χ2n) is 4.54. The summed E-state index contributed by atoms with van der Waals surface area (Å²) in [5.74, 6) is 0. The first-order valence-electron chi connectivity index (χ1n) is 5.93. The maximum atomic E-state index is 11.1. The molecule has 0 aromatic rings. The Bertz CT molecular complexity index is 339. The van der Waals surface area contributed by atoms with Crippen molar-refractivity contribution in [1.82, 2.24) is 0 Å². The van der Waals surface area contributed by atoms with Gasteiger partial charge in [0.15, 0.2) is 0 Å². The van der Waals surface area contributed by atoms with Crippen molar-refractivity contribution in [3.63, 3.8) is 0 Å². The smallest absolute Gasteiger partial charge is 0.317 e. The van der Waals surface area contributed by atoms with Crippen LogP contribution in [0, 0.1) is 0 Å². The Morgan fingerprint density at radius 1 is 1.00 bits per heavy atom. The summed E-state index contributed by atoms with van der Waals surface area (Å²) in [7, 11) is -9.69. The highest BCUT2D eigenvalue weighted by Crippen LogP contribution is 2.60. The van der Waals surface area contributed by atoms with E-state index in [0.717, 1.165) is 32.1 Å². The van der Waals surface area contributed by atoms with Crippen molar-refractivity contribution in [1.29, 1.82) is 0 Å². The lowest BCUT2D eigenvalue weighted by atomic mass is 9.97. The van der Waals surface area contributed by atoms with Gasteiger partial charge in [-0.1, -0.05) is 32.1 Å². The summed E-state index contributed by atoms with van der Waals surface area (Å²) in [4.78, 5) is 48.9. The minimum atomic E-state index is -4.94. The molecule has 0 heterocycles. The molecule has 0 saturated heterocycles. The van der Waals surface area contributed by atoms with Crippen LogP contribution in [0.15, 0.2) is 4.99 Å². The first-order chi connectivity index (χ1) is 8.21. The molecule has 9 heteroatoms. The van der Waals surface area contributed by atoms with E-state index in [1.807, 2.05) is 0 Å². The van der Waals surface area contributed by atoms with E-state index in [0.29, 0.717) is 12.8 Å². The Morgan fingerprint density at radius 2 is 1.44 bits per heavy atom. The summed E-state index contributed by atoms with van der Waals surface area (Å²) < 4.78 is 11.1. The second-order valence-corrected chi connectivity index (χ2v) is 7.97. The van der Waals surface area contributed by atoms with Crippen molar-refractivity contribution in [3.05, 3.63) is 0 Å². The average Bonchev–Trinajstić information content (AvgIpc) is 2.11. The van der Waals surface area contributed by atoms with Gasteiger partial charge in [-0.3, -0.25) is 0 Å². The fourth-order valence-corrected chi connectivity index (χ4v) is 4.08. The van der Waals surface area contributed by atoms with Gasteiger partial charge < -0.3 is 9.79 Å². The predicted molar refractivity (Wildman–Crippen MR) is 69.2 cm³/mol. The lowest BCUT2D eigenvalue weighted by Gasteiger charge is -2.17. The molecule has 1 aliphatic carbocycles. The molecule has 106 valence electrons. The lowest BCUT2D eigenvalue weighted by molar-refractivity contribution is 0.347. The Hall–Kier alpha value is 0.130. The van der Waals surface area contributed by atoms with Gasteiger partial charge in [-0.05, 0) is 12.8 Å². The van der Waals surface area contributed by atoms with E-state index in [1.165, 1.54) is 0 Å². The van der Waals surface area contributed by atoms with E-state index in [2.05, 4.69) is 4.99 Å². The fourth-order valence-electron chi connectivity index (χ4n) is 2.05. The van der Waals surface area contributed by atoms with Gasteiger partial charge in [0.2, 0.25) is 0 Å². The summed E-state index contributed by atoms with van der Waals surface area (Å²) in [6.07, 6.45) is 6.27. The van der Waals surface area contributed by atoms with Gasteiger partial charge in [0.25, 0.3) is 0 Å². The van der Waals surface area contributed by atoms with Crippen molar-refractivity contribution in [3.8, 4) is 0 Å². The topological polar surface area (TPSA) is 131 Å². The fraction of sp³-hybridized carbons (Fsp3) is 0.889. The van der Waals surface area contributed by atoms with Crippen molar-refractivity contribution >= 4 is 20.7 Å². The normalized spacial score (nSPS) is 21.5. The molecule has 1 saturated carbocycles. The first kappa shape index (κ1) is 16.2. The van der Waals surface area contributed by atoms with Crippen LogP contribution in [0.1, 0.15) is 44.9 Å². The van der Waals surface area contributed by atoms with Crippen LogP contribution in [0.5, 0.6) is 0 Å². The van der Waals surface area contributed by atoms with E-state index in [-0.39, 0.29) is 6.04 Å². The van der Waals surface area contributed by atoms with E-state index in [9.17, 15) is 4.57 Å². The summed E-state index contributed by atoms with van der Waals surface area (Å²) in [6, 6.07) is -0.362. The Labute approximate surface area is 106 Å². The minimum Gasteiger partial charge on any atom is -0.317 e. The molecule has 18 heavy (non-hydrogen) atoms. The third-order valence-electron chi connectivity index (χ3n) is 2.90. The molecular formula is C9H20NO6P2+. The Morgan fingerprint density at radius 3 is 1.83 bits per heavy atom. The van der Waals surface area contributed by atoms with Gasteiger partial charge in [-0.15, -0.1) is 0 Å². The van der Waals surface area contributed by atoms with Crippen LogP contribution in [0.2, 0.25) is 0 Å².